The molecule has 348 valence electrons. The zero-order valence-electron chi connectivity index (χ0n) is 35.6. The lowest BCUT2D eigenvalue weighted by Crippen LogP contribution is -2.31. The molecule has 0 fully saturated rings. The lowest BCUT2D eigenvalue weighted by molar-refractivity contribution is 0.279. The van der Waals surface area contributed by atoms with Crippen LogP contribution in [0.3, 0.4) is 0 Å². The van der Waals surface area contributed by atoms with E-state index in [1.807, 2.05) is 31.2 Å². The van der Waals surface area contributed by atoms with E-state index < -0.39 is 25.1 Å². The van der Waals surface area contributed by atoms with E-state index >= 15 is 0 Å². The fourth-order valence-electron chi connectivity index (χ4n) is 6.29. The molecule has 0 amide bonds. The van der Waals surface area contributed by atoms with Crippen LogP contribution in [0.15, 0.2) is 94.7 Å². The lowest BCUT2D eigenvalue weighted by Gasteiger charge is -2.21. The number of hydrogen-bond donors (Lipinski definition) is 10. The highest BCUT2D eigenvalue weighted by Crippen LogP contribution is 2.28. The Morgan fingerprint density at radius 2 is 0.864 bits per heavy atom. The van der Waals surface area contributed by atoms with Gasteiger partial charge in [-0.3, -0.25) is 9.11 Å². The molecule has 66 heavy (non-hydrogen) atoms. The summed E-state index contributed by atoms with van der Waals surface area (Å²) in [5.74, 6) is 0.354. The van der Waals surface area contributed by atoms with Crippen LogP contribution >= 0.6 is 0 Å². The molecule has 0 radical (unpaired) electrons. The van der Waals surface area contributed by atoms with Gasteiger partial charge < -0.3 is 51.5 Å². The average molecular weight is 945 g/mol. The van der Waals surface area contributed by atoms with Crippen molar-refractivity contribution in [1.82, 2.24) is 29.9 Å². The van der Waals surface area contributed by atoms with E-state index in [1.165, 1.54) is 42.2 Å². The van der Waals surface area contributed by atoms with E-state index in [2.05, 4.69) is 51.2 Å². The maximum Gasteiger partial charge on any atom is 0.295 e. The van der Waals surface area contributed by atoms with Crippen molar-refractivity contribution >= 4 is 90.8 Å². The molecule has 2 aromatic heterocycles. The van der Waals surface area contributed by atoms with Gasteiger partial charge in [0.2, 0.25) is 35.7 Å². The van der Waals surface area contributed by atoms with Crippen molar-refractivity contribution in [3.63, 3.8) is 0 Å². The first-order valence-electron chi connectivity index (χ1n) is 20.1. The molecule has 0 saturated heterocycles. The first-order chi connectivity index (χ1) is 31.5. The molecule has 0 spiro atoms. The maximum absolute atomic E-state index is 12.7. The van der Waals surface area contributed by atoms with E-state index in [9.17, 15) is 46.4 Å². The normalized spacial score (nSPS) is 11.7. The van der Waals surface area contributed by atoms with Crippen LogP contribution in [0.2, 0.25) is 0 Å². The minimum atomic E-state index is -4.76. The van der Waals surface area contributed by atoms with Crippen LogP contribution in [0.5, 0.6) is 0 Å². The molecule has 6 aromatic rings. The molecule has 0 atom stereocenters. The third kappa shape index (κ3) is 13.3. The fourth-order valence-corrected chi connectivity index (χ4v) is 7.75. The third-order valence-electron chi connectivity index (χ3n) is 9.49. The highest BCUT2D eigenvalue weighted by Gasteiger charge is 2.20. The molecule has 0 aliphatic heterocycles. The predicted octanol–water partition coefficient (Wildman–Crippen LogP) is 3.89. The zero-order valence-corrected chi connectivity index (χ0v) is 37.2. The molecule has 24 heteroatoms. The van der Waals surface area contributed by atoms with Crippen molar-refractivity contribution in [2.75, 3.05) is 83.7 Å². The van der Waals surface area contributed by atoms with E-state index in [4.69, 9.17) is 0 Å². The Morgan fingerprint density at radius 1 is 0.485 bits per heavy atom. The number of nitrogens with one attached hydrogen (secondary N) is 4. The molecule has 6 rings (SSSR count). The maximum atomic E-state index is 12.7. The van der Waals surface area contributed by atoms with Gasteiger partial charge in [0.1, 0.15) is 4.90 Å². The van der Waals surface area contributed by atoms with Gasteiger partial charge in [-0.2, -0.15) is 46.7 Å². The van der Waals surface area contributed by atoms with E-state index in [-0.39, 0.29) is 110 Å². The second-order valence-corrected chi connectivity index (χ2v) is 17.2. The summed E-state index contributed by atoms with van der Waals surface area (Å²) in [6, 6.07) is 22.8. The Labute approximate surface area is 380 Å². The predicted molar refractivity (Wildman–Crippen MR) is 249 cm³/mol. The minimum absolute atomic E-state index is 0.00262. The number of aromatic nitrogens is 6. The molecule has 0 aliphatic carbocycles. The van der Waals surface area contributed by atoms with E-state index in [1.54, 1.807) is 47.4 Å². The number of benzene rings is 4. The Balaban J connectivity index is 1.23. The van der Waals surface area contributed by atoms with Gasteiger partial charge in [-0.15, -0.1) is 0 Å². The quantitative estimate of drug-likeness (QED) is 0.0341. The molecule has 0 bridgehead atoms. The summed E-state index contributed by atoms with van der Waals surface area (Å²) in [5, 5.41) is 50.7. The van der Waals surface area contributed by atoms with Crippen LogP contribution in [0, 0.1) is 13.8 Å². The zero-order chi connectivity index (χ0) is 47.4. The number of nitrogens with zero attached hydrogens (tertiary/aromatic N) is 8. The van der Waals surface area contributed by atoms with Crippen LogP contribution in [-0.4, -0.2) is 129 Å². The van der Waals surface area contributed by atoms with Crippen molar-refractivity contribution < 1.29 is 46.4 Å². The third-order valence-corrected chi connectivity index (χ3v) is 11.4. The summed E-state index contributed by atoms with van der Waals surface area (Å²) in [6.45, 7) is 2.80. The molecular formula is C42H48N12O10S2. The van der Waals surface area contributed by atoms with Gasteiger partial charge in [-0.1, -0.05) is 54.1 Å². The first-order valence-corrected chi connectivity index (χ1v) is 23.0. The number of hydrogen-bond acceptors (Lipinski definition) is 20. The topological polar surface area (TPSA) is 322 Å². The fraction of sp³-hybridized carbons (Fsp3) is 0.238. The lowest BCUT2D eigenvalue weighted by atomic mass is 10.1. The van der Waals surface area contributed by atoms with Gasteiger partial charge >= 0.3 is 0 Å². The molecule has 0 unspecified atom stereocenters. The van der Waals surface area contributed by atoms with Crippen molar-refractivity contribution in [1.29, 1.82) is 0 Å². The van der Waals surface area contributed by atoms with E-state index in [0.717, 1.165) is 5.56 Å². The Hall–Kier alpha value is -6.90. The second kappa shape index (κ2) is 21.9. The summed E-state index contributed by atoms with van der Waals surface area (Å²) in [5.41, 5.74) is 3.79. The SMILES string of the molecule is Cc1ccc(Nc2nc(Nc3ccc(/C=C/c4ccc(Nc5nc(Nc6ccc(C)c(S(=O)(=O)O)c6)nc(N(CCO)CCO)n5)cc4)c(S(=O)(=O)O)c3)nc(N(CCO)CCO)n2)cc1. The largest absolute Gasteiger partial charge is 0.395 e. The number of aliphatic hydroxyl groups excluding tert-OH is 4. The van der Waals surface area contributed by atoms with Crippen LogP contribution < -0.4 is 31.1 Å². The molecule has 0 saturated carbocycles. The summed E-state index contributed by atoms with van der Waals surface area (Å²) >= 11 is 0. The van der Waals surface area contributed by atoms with Crippen molar-refractivity contribution in [2.24, 2.45) is 0 Å². The minimum Gasteiger partial charge on any atom is -0.395 e. The summed E-state index contributed by atoms with van der Waals surface area (Å²) in [4.78, 5) is 29.0. The van der Waals surface area contributed by atoms with Gasteiger partial charge in [0.25, 0.3) is 20.2 Å². The molecule has 4 aromatic carbocycles. The van der Waals surface area contributed by atoms with Gasteiger partial charge in [0.15, 0.2) is 0 Å². The highest BCUT2D eigenvalue weighted by molar-refractivity contribution is 7.86. The van der Waals surface area contributed by atoms with Crippen molar-refractivity contribution in [2.45, 2.75) is 23.6 Å². The molecule has 22 nitrogen and oxygen atoms in total. The van der Waals surface area contributed by atoms with Gasteiger partial charge in [-0.25, -0.2) is 0 Å². The van der Waals surface area contributed by atoms with Crippen LogP contribution in [0.1, 0.15) is 22.3 Å². The highest BCUT2D eigenvalue weighted by atomic mass is 32.2. The smallest absolute Gasteiger partial charge is 0.295 e. The molecule has 2 heterocycles. The summed E-state index contributed by atoms with van der Waals surface area (Å²) in [6.07, 6.45) is 3.14. The number of aliphatic hydroxyl groups is 4. The standard InChI is InChI=1S/C42H48N12O10S2/c1-27-3-11-31(12-4-27)43-37-47-40(52-41(49-37)53(17-21-55)18-22-56)46-34-16-10-30(36(26-34)66(62,63)64)9-6-29-7-14-32(15-8-29)44-38-48-39(51-42(50-38)54(19-23-57)20-24-58)45-33-13-5-28(2)35(25-33)65(59,60)61/h3-16,25-26,55-58H,17-24H2,1-2H3,(H,59,60,61)(H,62,63,64)(H2,43,46,47,49,52)(H2,44,45,48,50,51)/b9-6+. The van der Waals surface area contributed by atoms with Gasteiger partial charge in [0, 0.05) is 48.9 Å². The Kier molecular flexibility index (Phi) is 16.1. The number of aryl methyl sites for hydroxylation is 2. The van der Waals surface area contributed by atoms with Crippen LogP contribution in [0.4, 0.5) is 58.4 Å². The average Bonchev–Trinajstić information content (AvgIpc) is 3.27. The Morgan fingerprint density at radius 3 is 1.29 bits per heavy atom. The summed E-state index contributed by atoms with van der Waals surface area (Å²) in [7, 11) is -9.29. The van der Waals surface area contributed by atoms with Gasteiger partial charge in [-0.05, 0) is 79.1 Å². The first kappa shape index (κ1) is 48.6. The number of rotatable bonds is 22. The number of anilines is 10. The van der Waals surface area contributed by atoms with Gasteiger partial charge in [0.05, 0.1) is 31.3 Å². The van der Waals surface area contributed by atoms with Crippen molar-refractivity contribution in [3.8, 4) is 0 Å². The van der Waals surface area contributed by atoms with E-state index in [0.29, 0.717) is 22.5 Å². The molecule has 10 N–H and O–H groups in total. The monoisotopic (exact) mass is 944 g/mol. The van der Waals surface area contributed by atoms with Crippen LogP contribution in [-0.2, 0) is 20.2 Å². The van der Waals surface area contributed by atoms with Crippen LogP contribution in [0.25, 0.3) is 12.2 Å². The molecule has 0 aliphatic rings. The second-order valence-electron chi connectivity index (χ2n) is 14.4. The van der Waals surface area contributed by atoms with Crippen molar-refractivity contribution in [3.05, 3.63) is 107 Å². The Bertz CT molecular complexity index is 2860. The molecular weight excluding hydrogens is 897 g/mol. The summed E-state index contributed by atoms with van der Waals surface area (Å²) < 4.78 is 69.2.